The van der Waals surface area contributed by atoms with Gasteiger partial charge in [0.05, 0.1) is 12.2 Å². The molecule has 1 amide bonds. The van der Waals surface area contributed by atoms with Gasteiger partial charge in [-0.05, 0) is 49.2 Å². The van der Waals surface area contributed by atoms with Crippen LogP contribution in [0.5, 0.6) is 0 Å². The Bertz CT molecular complexity index is 1130. The second-order valence-electron chi connectivity index (χ2n) is 7.00. The molecule has 4 rings (SSSR count). The number of rotatable bonds is 6. The molecule has 0 bridgehead atoms. The molecule has 1 atom stereocenters. The lowest BCUT2D eigenvalue weighted by atomic mass is 10.0. The Hall–Kier alpha value is -3.55. The van der Waals surface area contributed by atoms with Crippen LogP contribution in [0.2, 0.25) is 0 Å². The number of fused-ring (bicyclic) bond motifs is 1. The number of carbonyl (C=O) groups is 1. The summed E-state index contributed by atoms with van der Waals surface area (Å²) in [7, 11) is 0. The van der Waals surface area contributed by atoms with Gasteiger partial charge in [0.15, 0.2) is 5.65 Å². The van der Waals surface area contributed by atoms with E-state index in [2.05, 4.69) is 20.5 Å². The lowest BCUT2D eigenvalue weighted by molar-refractivity contribution is -0.122. The van der Waals surface area contributed by atoms with Gasteiger partial charge in [-0.15, -0.1) is 0 Å². The van der Waals surface area contributed by atoms with Crippen molar-refractivity contribution in [2.75, 3.05) is 0 Å². The van der Waals surface area contributed by atoms with E-state index in [0.717, 1.165) is 22.2 Å². The molecule has 0 saturated carbocycles. The van der Waals surface area contributed by atoms with E-state index in [0.29, 0.717) is 12.2 Å². The summed E-state index contributed by atoms with van der Waals surface area (Å²) < 4.78 is 16.7. The van der Waals surface area contributed by atoms with Crippen molar-refractivity contribution in [3.05, 3.63) is 66.5 Å². The number of hydrogen-bond acceptors (Lipinski definition) is 4. The first kappa shape index (κ1) is 18.8. The molecule has 0 radical (unpaired) electrons. The summed E-state index contributed by atoms with van der Waals surface area (Å²) >= 11 is 0. The summed E-state index contributed by atoms with van der Waals surface area (Å²) in [5.74, 6) is -0.435. The van der Waals surface area contributed by atoms with Crippen molar-refractivity contribution in [2.45, 2.75) is 33.0 Å². The average molecular weight is 392 g/mol. The zero-order valence-corrected chi connectivity index (χ0v) is 16.2. The number of aromatic nitrogens is 5. The molecule has 3 aromatic heterocycles. The third kappa shape index (κ3) is 4.01. The van der Waals surface area contributed by atoms with Crippen LogP contribution in [0.4, 0.5) is 4.39 Å². The van der Waals surface area contributed by atoms with Crippen LogP contribution in [0.3, 0.4) is 0 Å². The van der Waals surface area contributed by atoms with Crippen LogP contribution in [0.25, 0.3) is 22.2 Å². The number of pyridine rings is 1. The molecule has 1 aromatic carbocycles. The molecule has 3 heterocycles. The van der Waals surface area contributed by atoms with Crippen LogP contribution in [0.15, 0.2) is 55.0 Å². The van der Waals surface area contributed by atoms with Gasteiger partial charge in [0.2, 0.25) is 5.91 Å². The number of halogens is 1. The fourth-order valence-electron chi connectivity index (χ4n) is 3.45. The molecule has 0 saturated heterocycles. The Balaban J connectivity index is 1.56. The first-order valence-corrected chi connectivity index (χ1v) is 9.36. The Kier molecular flexibility index (Phi) is 5.07. The highest BCUT2D eigenvalue weighted by atomic mass is 19.1. The van der Waals surface area contributed by atoms with Crippen molar-refractivity contribution in [3.63, 3.8) is 0 Å². The predicted molar refractivity (Wildman–Crippen MR) is 107 cm³/mol. The first-order valence-electron chi connectivity index (χ1n) is 9.36. The van der Waals surface area contributed by atoms with E-state index in [-0.39, 0.29) is 24.3 Å². The van der Waals surface area contributed by atoms with Crippen LogP contribution < -0.4 is 5.32 Å². The maximum atomic E-state index is 13.3. The topological polar surface area (TPSA) is 77.6 Å². The molecule has 0 aliphatic rings. The second-order valence-corrected chi connectivity index (χ2v) is 7.00. The Morgan fingerprint density at radius 2 is 2.00 bits per heavy atom. The summed E-state index contributed by atoms with van der Waals surface area (Å²) in [5, 5.41) is 12.5. The van der Waals surface area contributed by atoms with Gasteiger partial charge in [-0.1, -0.05) is 12.1 Å². The Labute approximate surface area is 167 Å². The van der Waals surface area contributed by atoms with Crippen LogP contribution >= 0.6 is 0 Å². The maximum Gasteiger partial charge on any atom is 0.242 e. The number of amides is 1. The molecule has 0 aliphatic heterocycles. The lowest BCUT2D eigenvalue weighted by Crippen LogP contribution is -2.38. The largest absolute Gasteiger partial charge is 0.350 e. The molecule has 0 spiro atoms. The molecular formula is C21H21FN6O. The van der Waals surface area contributed by atoms with Gasteiger partial charge in [0.1, 0.15) is 12.4 Å². The van der Waals surface area contributed by atoms with Gasteiger partial charge in [-0.2, -0.15) is 10.2 Å². The number of hydrogen-bond donors (Lipinski definition) is 1. The van der Waals surface area contributed by atoms with E-state index < -0.39 is 0 Å². The normalized spacial score (nSPS) is 12.2. The average Bonchev–Trinajstić information content (AvgIpc) is 3.30. The first-order chi connectivity index (χ1) is 14.0. The highest BCUT2D eigenvalue weighted by Gasteiger charge is 2.17. The van der Waals surface area contributed by atoms with E-state index in [9.17, 15) is 9.18 Å². The Morgan fingerprint density at radius 1 is 1.21 bits per heavy atom. The van der Waals surface area contributed by atoms with Gasteiger partial charge in [-0.25, -0.2) is 14.1 Å². The standard InChI is InChI=1S/C21H21FN6O/c1-14(12-27-11-3-9-24-27)25-19(29)13-28-21-20(15(2)26-28)18(8-10-23-21)16-4-6-17(22)7-5-16/h3-11,14H,12-13H2,1-2H3,(H,25,29). The molecule has 29 heavy (non-hydrogen) atoms. The minimum absolute atomic E-state index is 0.0632. The van der Waals surface area contributed by atoms with Gasteiger partial charge in [0.25, 0.3) is 0 Å². The molecular weight excluding hydrogens is 371 g/mol. The highest BCUT2D eigenvalue weighted by molar-refractivity contribution is 5.95. The molecule has 8 heteroatoms. The molecule has 0 aliphatic carbocycles. The van der Waals surface area contributed by atoms with E-state index in [1.807, 2.05) is 32.2 Å². The number of aryl methyl sites for hydroxylation is 1. The minimum atomic E-state index is -0.285. The van der Waals surface area contributed by atoms with E-state index in [1.165, 1.54) is 12.1 Å². The van der Waals surface area contributed by atoms with Gasteiger partial charge in [0, 0.05) is 30.0 Å². The van der Waals surface area contributed by atoms with Crippen molar-refractivity contribution in [1.82, 2.24) is 29.9 Å². The van der Waals surface area contributed by atoms with E-state index in [1.54, 1.807) is 33.9 Å². The van der Waals surface area contributed by atoms with Crippen molar-refractivity contribution in [3.8, 4) is 11.1 Å². The quantitative estimate of drug-likeness (QED) is 0.547. The van der Waals surface area contributed by atoms with Crippen LogP contribution in [-0.4, -0.2) is 36.5 Å². The summed E-state index contributed by atoms with van der Waals surface area (Å²) in [6, 6.07) is 9.95. The van der Waals surface area contributed by atoms with Gasteiger partial charge in [-0.3, -0.25) is 9.48 Å². The molecule has 1 unspecified atom stereocenters. The van der Waals surface area contributed by atoms with Gasteiger partial charge >= 0.3 is 0 Å². The fourth-order valence-corrected chi connectivity index (χ4v) is 3.45. The van der Waals surface area contributed by atoms with Crippen molar-refractivity contribution < 1.29 is 9.18 Å². The SMILES string of the molecule is Cc1nn(CC(=O)NC(C)Cn2cccn2)c2nccc(-c3ccc(F)cc3)c12. The monoisotopic (exact) mass is 392 g/mol. The summed E-state index contributed by atoms with van der Waals surface area (Å²) in [6.45, 7) is 4.46. The highest BCUT2D eigenvalue weighted by Crippen LogP contribution is 2.29. The molecule has 0 fully saturated rings. The van der Waals surface area contributed by atoms with Crippen molar-refractivity contribution in [1.29, 1.82) is 0 Å². The fraction of sp³-hybridized carbons (Fsp3) is 0.238. The second kappa shape index (κ2) is 7.83. The third-order valence-corrected chi connectivity index (χ3v) is 4.68. The third-order valence-electron chi connectivity index (χ3n) is 4.68. The summed E-state index contributed by atoms with van der Waals surface area (Å²) in [4.78, 5) is 17.0. The molecule has 4 aromatic rings. The predicted octanol–water partition coefficient (Wildman–Crippen LogP) is 2.95. The van der Waals surface area contributed by atoms with Gasteiger partial charge < -0.3 is 5.32 Å². The van der Waals surface area contributed by atoms with Crippen LogP contribution in [0, 0.1) is 12.7 Å². The van der Waals surface area contributed by atoms with Crippen LogP contribution in [0.1, 0.15) is 12.6 Å². The maximum absolute atomic E-state index is 13.3. The minimum Gasteiger partial charge on any atom is -0.350 e. The number of carbonyl (C=O) groups excluding carboxylic acids is 1. The smallest absolute Gasteiger partial charge is 0.242 e. The Morgan fingerprint density at radius 3 is 2.72 bits per heavy atom. The van der Waals surface area contributed by atoms with E-state index >= 15 is 0 Å². The number of nitrogens with one attached hydrogen (secondary N) is 1. The number of nitrogens with zero attached hydrogens (tertiary/aromatic N) is 5. The summed E-state index contributed by atoms with van der Waals surface area (Å²) in [5.41, 5.74) is 3.17. The lowest BCUT2D eigenvalue weighted by Gasteiger charge is -2.14. The number of benzene rings is 1. The molecule has 148 valence electrons. The van der Waals surface area contributed by atoms with E-state index in [4.69, 9.17) is 0 Å². The zero-order valence-electron chi connectivity index (χ0n) is 16.2. The summed E-state index contributed by atoms with van der Waals surface area (Å²) in [6.07, 6.45) is 5.24. The van der Waals surface area contributed by atoms with Crippen molar-refractivity contribution in [2.24, 2.45) is 0 Å². The van der Waals surface area contributed by atoms with Crippen LogP contribution in [-0.2, 0) is 17.9 Å². The van der Waals surface area contributed by atoms with Crippen molar-refractivity contribution >= 4 is 16.9 Å². The zero-order chi connectivity index (χ0) is 20.4. The molecule has 7 nitrogen and oxygen atoms in total. The molecule has 1 N–H and O–H groups in total.